The van der Waals surface area contributed by atoms with E-state index in [0.717, 1.165) is 19.3 Å². The first kappa shape index (κ1) is 18.2. The molecule has 0 aromatic rings. The zero-order valence-corrected chi connectivity index (χ0v) is 13.1. The van der Waals surface area contributed by atoms with Crippen LogP contribution in [0.1, 0.15) is 85.0 Å². The first-order valence-corrected chi connectivity index (χ1v) is 8.01. The number of unbranched alkanes of at least 4 members (excludes halogenated alkanes) is 7. The van der Waals surface area contributed by atoms with Crippen LogP contribution in [0.25, 0.3) is 0 Å². The molecule has 0 aliphatic rings. The molecule has 0 radical (unpaired) electrons. The molecule has 0 spiro atoms. The van der Waals surface area contributed by atoms with E-state index in [1.54, 1.807) is 0 Å². The van der Waals surface area contributed by atoms with Gasteiger partial charge in [-0.1, -0.05) is 44.8 Å². The SMILES string of the molecule is CCCCCCC/C=C\CCCCC(=O)OC(C)C. The van der Waals surface area contributed by atoms with Crippen LogP contribution in [0, 0.1) is 0 Å². The molecule has 112 valence electrons. The van der Waals surface area contributed by atoms with Crippen LogP contribution in [-0.4, -0.2) is 12.1 Å². The van der Waals surface area contributed by atoms with Crippen LogP contribution in [0.4, 0.5) is 0 Å². The predicted octanol–water partition coefficient (Wildman–Crippen LogP) is 5.42. The van der Waals surface area contributed by atoms with Crippen molar-refractivity contribution in [2.75, 3.05) is 0 Å². The van der Waals surface area contributed by atoms with Gasteiger partial charge in [0, 0.05) is 6.42 Å². The summed E-state index contributed by atoms with van der Waals surface area (Å²) in [5, 5.41) is 0. The first-order chi connectivity index (χ1) is 9.16. The highest BCUT2D eigenvalue weighted by Gasteiger charge is 2.03. The van der Waals surface area contributed by atoms with E-state index in [2.05, 4.69) is 19.1 Å². The Morgan fingerprint density at radius 1 is 0.947 bits per heavy atom. The Balaban J connectivity index is 3.23. The van der Waals surface area contributed by atoms with Crippen LogP contribution in [0.5, 0.6) is 0 Å². The Morgan fingerprint density at radius 3 is 2.11 bits per heavy atom. The van der Waals surface area contributed by atoms with Crippen LogP contribution >= 0.6 is 0 Å². The van der Waals surface area contributed by atoms with Crippen molar-refractivity contribution in [1.29, 1.82) is 0 Å². The van der Waals surface area contributed by atoms with Crippen LogP contribution in [-0.2, 0) is 9.53 Å². The van der Waals surface area contributed by atoms with Crippen molar-refractivity contribution in [3.63, 3.8) is 0 Å². The van der Waals surface area contributed by atoms with Gasteiger partial charge in [0.1, 0.15) is 0 Å². The number of carbonyl (C=O) groups excluding carboxylic acids is 1. The Kier molecular flexibility index (Phi) is 13.1. The van der Waals surface area contributed by atoms with Gasteiger partial charge in [-0.3, -0.25) is 4.79 Å². The Bertz CT molecular complexity index is 231. The fourth-order valence-electron chi connectivity index (χ4n) is 1.95. The Labute approximate surface area is 119 Å². The summed E-state index contributed by atoms with van der Waals surface area (Å²) >= 11 is 0. The van der Waals surface area contributed by atoms with Gasteiger partial charge < -0.3 is 4.74 Å². The van der Waals surface area contributed by atoms with Crippen LogP contribution in [0.2, 0.25) is 0 Å². The minimum atomic E-state index is -0.0603. The molecule has 0 unspecified atom stereocenters. The minimum Gasteiger partial charge on any atom is -0.463 e. The van der Waals surface area contributed by atoms with E-state index < -0.39 is 0 Å². The molecule has 0 aromatic heterocycles. The van der Waals surface area contributed by atoms with Gasteiger partial charge in [0.2, 0.25) is 0 Å². The van der Waals surface area contributed by atoms with Crippen molar-refractivity contribution in [2.45, 2.75) is 91.1 Å². The van der Waals surface area contributed by atoms with Crippen LogP contribution in [0.15, 0.2) is 12.2 Å². The maximum atomic E-state index is 11.3. The number of esters is 1. The highest BCUT2D eigenvalue weighted by Crippen LogP contribution is 2.07. The number of carbonyl (C=O) groups is 1. The molecular formula is C17H32O2. The lowest BCUT2D eigenvalue weighted by atomic mass is 10.1. The van der Waals surface area contributed by atoms with Gasteiger partial charge in [0.25, 0.3) is 0 Å². The maximum absolute atomic E-state index is 11.3. The van der Waals surface area contributed by atoms with Gasteiger partial charge in [0.15, 0.2) is 0 Å². The van der Waals surface area contributed by atoms with Crippen LogP contribution < -0.4 is 0 Å². The fourth-order valence-corrected chi connectivity index (χ4v) is 1.95. The molecule has 0 fully saturated rings. The number of hydrogen-bond donors (Lipinski definition) is 0. The van der Waals surface area contributed by atoms with Gasteiger partial charge in [-0.25, -0.2) is 0 Å². The van der Waals surface area contributed by atoms with Crippen molar-refractivity contribution in [3.05, 3.63) is 12.2 Å². The van der Waals surface area contributed by atoms with Crippen molar-refractivity contribution < 1.29 is 9.53 Å². The van der Waals surface area contributed by atoms with Gasteiger partial charge in [0.05, 0.1) is 6.10 Å². The molecule has 2 nitrogen and oxygen atoms in total. The zero-order chi connectivity index (χ0) is 14.3. The molecule has 0 heterocycles. The summed E-state index contributed by atoms with van der Waals surface area (Å²) in [6.45, 7) is 6.03. The third kappa shape index (κ3) is 15.2. The molecule has 0 aliphatic heterocycles. The molecule has 0 amide bonds. The molecule has 0 saturated heterocycles. The molecule has 0 saturated carbocycles. The highest BCUT2D eigenvalue weighted by atomic mass is 16.5. The standard InChI is InChI=1S/C17H32O2/c1-4-5-6-7-8-9-10-11-12-13-14-15-17(18)19-16(2)3/h10-11,16H,4-9,12-15H2,1-3H3/b11-10-. The number of rotatable bonds is 12. The van der Waals surface area contributed by atoms with Gasteiger partial charge >= 0.3 is 5.97 Å². The van der Waals surface area contributed by atoms with E-state index >= 15 is 0 Å². The van der Waals surface area contributed by atoms with E-state index in [4.69, 9.17) is 4.74 Å². The summed E-state index contributed by atoms with van der Waals surface area (Å²) in [6, 6.07) is 0. The van der Waals surface area contributed by atoms with Crippen molar-refractivity contribution >= 4 is 5.97 Å². The zero-order valence-electron chi connectivity index (χ0n) is 13.1. The molecule has 19 heavy (non-hydrogen) atoms. The van der Waals surface area contributed by atoms with Crippen LogP contribution in [0.3, 0.4) is 0 Å². The summed E-state index contributed by atoms with van der Waals surface area (Å²) in [5.41, 5.74) is 0. The second kappa shape index (κ2) is 13.6. The second-order valence-corrected chi connectivity index (χ2v) is 5.46. The molecule has 0 aromatic carbocycles. The van der Waals surface area contributed by atoms with Crippen molar-refractivity contribution in [3.8, 4) is 0 Å². The van der Waals surface area contributed by atoms with E-state index in [-0.39, 0.29) is 12.1 Å². The van der Waals surface area contributed by atoms with E-state index in [1.165, 1.54) is 38.5 Å². The summed E-state index contributed by atoms with van der Waals surface area (Å²) in [7, 11) is 0. The molecule has 0 bridgehead atoms. The topological polar surface area (TPSA) is 26.3 Å². The smallest absolute Gasteiger partial charge is 0.306 e. The molecule has 0 N–H and O–H groups in total. The first-order valence-electron chi connectivity index (χ1n) is 8.01. The molecule has 2 heteroatoms. The quantitative estimate of drug-likeness (QED) is 0.268. The van der Waals surface area contributed by atoms with E-state index in [1.807, 2.05) is 13.8 Å². The molecular weight excluding hydrogens is 236 g/mol. The monoisotopic (exact) mass is 268 g/mol. The molecule has 0 aliphatic carbocycles. The second-order valence-electron chi connectivity index (χ2n) is 5.46. The summed E-state index contributed by atoms with van der Waals surface area (Å²) in [4.78, 5) is 11.3. The minimum absolute atomic E-state index is 0.0140. The lowest BCUT2D eigenvalue weighted by Gasteiger charge is -2.06. The lowest BCUT2D eigenvalue weighted by Crippen LogP contribution is -2.10. The highest BCUT2D eigenvalue weighted by molar-refractivity contribution is 5.69. The van der Waals surface area contributed by atoms with E-state index in [9.17, 15) is 4.79 Å². The fraction of sp³-hybridized carbons (Fsp3) is 0.824. The van der Waals surface area contributed by atoms with Gasteiger partial charge in [-0.15, -0.1) is 0 Å². The summed E-state index contributed by atoms with van der Waals surface area (Å²) in [5.74, 6) is -0.0603. The van der Waals surface area contributed by atoms with Crippen molar-refractivity contribution in [2.24, 2.45) is 0 Å². The normalized spacial score (nSPS) is 11.4. The predicted molar refractivity (Wildman–Crippen MR) is 82.2 cm³/mol. The largest absolute Gasteiger partial charge is 0.463 e. The third-order valence-corrected chi connectivity index (χ3v) is 3.01. The molecule has 0 atom stereocenters. The third-order valence-electron chi connectivity index (χ3n) is 3.01. The van der Waals surface area contributed by atoms with Gasteiger partial charge in [-0.05, 0) is 46.0 Å². The van der Waals surface area contributed by atoms with E-state index in [0.29, 0.717) is 6.42 Å². The van der Waals surface area contributed by atoms with Crippen molar-refractivity contribution in [1.82, 2.24) is 0 Å². The number of allylic oxidation sites excluding steroid dienone is 2. The summed E-state index contributed by atoms with van der Waals surface area (Å²) in [6.07, 6.45) is 16.2. The van der Waals surface area contributed by atoms with Gasteiger partial charge in [-0.2, -0.15) is 0 Å². The number of ether oxygens (including phenoxy) is 1. The molecule has 0 rings (SSSR count). The summed E-state index contributed by atoms with van der Waals surface area (Å²) < 4.78 is 5.09. The average molecular weight is 268 g/mol. The Hall–Kier alpha value is -0.790. The average Bonchev–Trinajstić information content (AvgIpc) is 2.35. The lowest BCUT2D eigenvalue weighted by molar-refractivity contribution is -0.147. The maximum Gasteiger partial charge on any atom is 0.306 e. The number of hydrogen-bond acceptors (Lipinski definition) is 2. The Morgan fingerprint density at radius 2 is 1.53 bits per heavy atom.